The number of carbonyl (C=O) groups excluding carboxylic acids is 2. The highest BCUT2D eigenvalue weighted by Crippen LogP contribution is 2.24. The van der Waals surface area contributed by atoms with E-state index >= 15 is 0 Å². The maximum Gasteiger partial charge on any atom is 0.324 e. The third-order valence-electron chi connectivity index (χ3n) is 5.32. The first kappa shape index (κ1) is 20.6. The summed E-state index contributed by atoms with van der Waals surface area (Å²) in [6.07, 6.45) is 0.878. The van der Waals surface area contributed by atoms with Crippen LogP contribution in [0.25, 0.3) is 0 Å². The summed E-state index contributed by atoms with van der Waals surface area (Å²) < 4.78 is 13.8. The van der Waals surface area contributed by atoms with Crippen LogP contribution in [0.4, 0.5) is 20.6 Å². The van der Waals surface area contributed by atoms with Crippen molar-refractivity contribution in [2.45, 2.75) is 19.9 Å². The van der Waals surface area contributed by atoms with Crippen LogP contribution in [0.15, 0.2) is 72.8 Å². The first-order valence-corrected chi connectivity index (χ1v) is 10.3. The van der Waals surface area contributed by atoms with Crippen LogP contribution in [-0.4, -0.2) is 29.9 Å². The van der Waals surface area contributed by atoms with Gasteiger partial charge in [-0.2, -0.15) is 0 Å². The van der Waals surface area contributed by atoms with E-state index in [1.165, 1.54) is 17.7 Å². The molecule has 0 unspecified atom stereocenters. The number of aryl methyl sites for hydroxylation is 1. The molecule has 3 aromatic rings. The van der Waals surface area contributed by atoms with Crippen molar-refractivity contribution >= 4 is 23.3 Å². The molecule has 0 bridgehead atoms. The number of hydrogen-bond donors (Lipinski definition) is 1. The molecule has 0 atom stereocenters. The van der Waals surface area contributed by atoms with Crippen molar-refractivity contribution in [3.63, 3.8) is 0 Å². The lowest BCUT2D eigenvalue weighted by atomic mass is 10.1. The summed E-state index contributed by atoms with van der Waals surface area (Å²) in [6, 6.07) is 21.0. The van der Waals surface area contributed by atoms with Crippen molar-refractivity contribution in [1.82, 2.24) is 4.90 Å². The van der Waals surface area contributed by atoms with Crippen molar-refractivity contribution in [3.8, 4) is 0 Å². The Morgan fingerprint density at radius 1 is 1.00 bits per heavy atom. The normalized spacial score (nSPS) is 13.9. The van der Waals surface area contributed by atoms with E-state index in [4.69, 9.17) is 0 Å². The number of benzene rings is 3. The minimum atomic E-state index is -0.566. The van der Waals surface area contributed by atoms with Gasteiger partial charge in [-0.15, -0.1) is 0 Å². The number of rotatable bonds is 5. The number of anilines is 2. The lowest BCUT2D eigenvalue weighted by Crippen LogP contribution is -2.49. The third-order valence-corrected chi connectivity index (χ3v) is 5.32. The number of halogens is 1. The van der Waals surface area contributed by atoms with E-state index in [1.807, 2.05) is 30.0 Å². The summed E-state index contributed by atoms with van der Waals surface area (Å²) in [5, 5.41) is 2.69. The zero-order valence-corrected chi connectivity index (χ0v) is 17.3. The summed E-state index contributed by atoms with van der Waals surface area (Å²) in [5.74, 6) is -1.08. The summed E-state index contributed by atoms with van der Waals surface area (Å²) in [6.45, 7) is 3.98. The Hall–Kier alpha value is -3.67. The number of carbonyl (C=O) groups is 2. The van der Waals surface area contributed by atoms with Gasteiger partial charge in [-0.05, 0) is 55.3 Å². The maximum atomic E-state index is 13.8. The van der Waals surface area contributed by atoms with E-state index in [0.717, 1.165) is 24.2 Å². The van der Waals surface area contributed by atoms with Gasteiger partial charge in [0.25, 0.3) is 5.91 Å². The first-order chi connectivity index (χ1) is 15.0. The molecule has 0 saturated carbocycles. The molecule has 1 saturated heterocycles. The van der Waals surface area contributed by atoms with Gasteiger partial charge in [0.1, 0.15) is 5.82 Å². The molecule has 5 nitrogen and oxygen atoms in total. The smallest absolute Gasteiger partial charge is 0.322 e. The second kappa shape index (κ2) is 9.00. The highest BCUT2D eigenvalue weighted by Gasteiger charge is 2.26. The van der Waals surface area contributed by atoms with Gasteiger partial charge < -0.3 is 10.2 Å². The highest BCUT2D eigenvalue weighted by atomic mass is 19.1. The van der Waals surface area contributed by atoms with Crippen molar-refractivity contribution in [3.05, 3.63) is 95.3 Å². The molecule has 31 heavy (non-hydrogen) atoms. The number of urea groups is 1. The molecular formula is C25H24FN3O2. The molecule has 6 heteroatoms. The average Bonchev–Trinajstić information content (AvgIpc) is 2.76. The van der Waals surface area contributed by atoms with Gasteiger partial charge in [0.15, 0.2) is 0 Å². The fourth-order valence-electron chi connectivity index (χ4n) is 3.77. The van der Waals surface area contributed by atoms with E-state index in [1.54, 1.807) is 41.3 Å². The number of nitrogens with zero attached hydrogens (tertiary/aromatic N) is 2. The van der Waals surface area contributed by atoms with Crippen LogP contribution in [0.3, 0.4) is 0 Å². The minimum Gasteiger partial charge on any atom is -0.322 e. The Balaban J connectivity index is 1.44. The third kappa shape index (κ3) is 4.74. The van der Waals surface area contributed by atoms with Gasteiger partial charge in [0.2, 0.25) is 0 Å². The molecule has 0 aliphatic carbocycles. The molecule has 0 aromatic heterocycles. The second-order valence-electron chi connectivity index (χ2n) is 7.68. The van der Waals surface area contributed by atoms with Crippen molar-refractivity contribution < 1.29 is 14.0 Å². The molecule has 158 valence electrons. The number of nitrogens with one attached hydrogen (secondary N) is 1. The van der Waals surface area contributed by atoms with Gasteiger partial charge in [0.05, 0.1) is 5.56 Å². The van der Waals surface area contributed by atoms with E-state index in [9.17, 15) is 14.0 Å². The number of amides is 3. The highest BCUT2D eigenvalue weighted by molar-refractivity contribution is 6.04. The molecule has 1 aliphatic heterocycles. The Kier molecular flexibility index (Phi) is 5.98. The van der Waals surface area contributed by atoms with Gasteiger partial charge in [-0.1, -0.05) is 42.0 Å². The Bertz CT molecular complexity index is 1100. The minimum absolute atomic E-state index is 0.00965. The van der Waals surface area contributed by atoms with Gasteiger partial charge in [-0.3, -0.25) is 9.69 Å². The van der Waals surface area contributed by atoms with E-state index in [2.05, 4.69) is 11.4 Å². The van der Waals surface area contributed by atoms with E-state index < -0.39 is 11.7 Å². The molecule has 3 amide bonds. The SMILES string of the molecule is Cc1cccc(CN2CCCN(c3ccc(NC(=O)c4ccccc4F)cc3)C2=O)c1. The predicted octanol–water partition coefficient (Wildman–Crippen LogP) is 5.22. The van der Waals surface area contributed by atoms with E-state index in [-0.39, 0.29) is 11.6 Å². The average molecular weight is 417 g/mol. The fourth-order valence-corrected chi connectivity index (χ4v) is 3.77. The molecule has 3 aromatic carbocycles. The molecule has 0 radical (unpaired) electrons. The second-order valence-corrected chi connectivity index (χ2v) is 7.68. The van der Waals surface area contributed by atoms with Crippen LogP contribution in [0.1, 0.15) is 27.9 Å². The van der Waals surface area contributed by atoms with Crippen molar-refractivity contribution in [1.29, 1.82) is 0 Å². The lowest BCUT2D eigenvalue weighted by Gasteiger charge is -2.35. The number of hydrogen-bond acceptors (Lipinski definition) is 2. The Labute approximate surface area is 181 Å². The summed E-state index contributed by atoms with van der Waals surface area (Å²) >= 11 is 0. The summed E-state index contributed by atoms with van der Waals surface area (Å²) in [5.41, 5.74) is 3.58. The molecule has 1 fully saturated rings. The Morgan fingerprint density at radius 2 is 1.77 bits per heavy atom. The quantitative estimate of drug-likeness (QED) is 0.619. The van der Waals surface area contributed by atoms with Crippen LogP contribution < -0.4 is 10.2 Å². The maximum absolute atomic E-state index is 13.8. The van der Waals surface area contributed by atoms with Crippen LogP contribution in [0.5, 0.6) is 0 Å². The topological polar surface area (TPSA) is 52.6 Å². The monoisotopic (exact) mass is 417 g/mol. The van der Waals surface area contributed by atoms with Crippen molar-refractivity contribution in [2.75, 3.05) is 23.3 Å². The molecule has 1 aliphatic rings. The van der Waals surface area contributed by atoms with Gasteiger partial charge in [-0.25, -0.2) is 9.18 Å². The van der Waals surface area contributed by atoms with Crippen LogP contribution in [-0.2, 0) is 6.54 Å². The standard InChI is InChI=1S/C25H24FN3O2/c1-18-6-4-7-19(16-18)17-28-14-5-15-29(25(28)31)21-12-10-20(11-13-21)27-24(30)22-8-2-3-9-23(22)26/h2-4,6-13,16H,5,14-15,17H2,1H3,(H,27,30). The van der Waals surface area contributed by atoms with Crippen LogP contribution in [0.2, 0.25) is 0 Å². The van der Waals surface area contributed by atoms with Gasteiger partial charge in [0, 0.05) is 31.0 Å². The first-order valence-electron chi connectivity index (χ1n) is 10.3. The molecule has 1 N–H and O–H groups in total. The molecule has 4 rings (SSSR count). The van der Waals surface area contributed by atoms with Crippen molar-refractivity contribution in [2.24, 2.45) is 0 Å². The summed E-state index contributed by atoms with van der Waals surface area (Å²) in [4.78, 5) is 28.9. The zero-order valence-electron chi connectivity index (χ0n) is 17.3. The van der Waals surface area contributed by atoms with Crippen LogP contribution in [0, 0.1) is 12.7 Å². The molecule has 0 spiro atoms. The molecular weight excluding hydrogens is 393 g/mol. The summed E-state index contributed by atoms with van der Waals surface area (Å²) in [7, 11) is 0. The van der Waals surface area contributed by atoms with Crippen LogP contribution >= 0.6 is 0 Å². The lowest BCUT2D eigenvalue weighted by molar-refractivity contribution is 0.102. The predicted molar refractivity (Wildman–Crippen MR) is 120 cm³/mol. The largest absolute Gasteiger partial charge is 0.324 e. The van der Waals surface area contributed by atoms with Gasteiger partial charge >= 0.3 is 6.03 Å². The fraction of sp³-hybridized carbons (Fsp3) is 0.200. The Morgan fingerprint density at radius 3 is 2.52 bits per heavy atom. The van der Waals surface area contributed by atoms with E-state index in [0.29, 0.717) is 18.8 Å². The zero-order chi connectivity index (χ0) is 21.8. The molecule has 1 heterocycles.